The number of benzene rings is 2. The summed E-state index contributed by atoms with van der Waals surface area (Å²) in [4.78, 5) is 51.1. The van der Waals surface area contributed by atoms with Crippen LogP contribution in [-0.4, -0.2) is 62.5 Å². The number of nitrogen functional groups attached to an aromatic ring is 1. The van der Waals surface area contributed by atoms with Crippen molar-refractivity contribution >= 4 is 50.7 Å². The molecule has 0 atom stereocenters. The molecule has 0 fully saturated rings. The van der Waals surface area contributed by atoms with Gasteiger partial charge in [-0.3, -0.25) is 23.9 Å². The molecule has 1 aliphatic rings. The molecular formula is C26H23BrN6O5. The summed E-state index contributed by atoms with van der Waals surface area (Å²) in [5.74, 6) is -0.778. The first-order valence-electron chi connectivity index (χ1n) is 11.8. The zero-order valence-electron chi connectivity index (χ0n) is 20.4. The number of amides is 2. The van der Waals surface area contributed by atoms with E-state index in [0.717, 1.165) is 11.1 Å². The molecule has 4 aromatic rings. The number of halogens is 1. The number of nitrogens with zero attached hydrogens (tertiary/aromatic N) is 5. The minimum atomic E-state index is -0.318. The molecule has 0 saturated carbocycles. The number of imidazole rings is 1. The lowest BCUT2D eigenvalue weighted by Crippen LogP contribution is -2.31. The number of rotatable bonds is 9. The van der Waals surface area contributed by atoms with E-state index < -0.39 is 0 Å². The molecule has 0 bridgehead atoms. The Morgan fingerprint density at radius 2 is 1.71 bits per heavy atom. The van der Waals surface area contributed by atoms with E-state index in [2.05, 4.69) is 30.9 Å². The maximum atomic E-state index is 12.5. The highest BCUT2D eigenvalue weighted by atomic mass is 79.9. The molecule has 2 aromatic carbocycles. The predicted molar refractivity (Wildman–Crippen MR) is 141 cm³/mol. The van der Waals surface area contributed by atoms with Crippen LogP contribution in [0.25, 0.3) is 11.2 Å². The molecule has 1 aliphatic heterocycles. The van der Waals surface area contributed by atoms with Crippen molar-refractivity contribution in [2.45, 2.75) is 19.4 Å². The van der Waals surface area contributed by atoms with Gasteiger partial charge in [-0.2, -0.15) is 9.97 Å². The molecule has 0 aliphatic carbocycles. The van der Waals surface area contributed by atoms with E-state index in [0.29, 0.717) is 40.0 Å². The Hall–Kier alpha value is -4.32. The minimum absolute atomic E-state index is 0.0606. The van der Waals surface area contributed by atoms with Crippen LogP contribution >= 0.6 is 15.9 Å². The lowest BCUT2D eigenvalue weighted by atomic mass is 10.1. The quantitative estimate of drug-likeness (QED) is 0.137. The summed E-state index contributed by atoms with van der Waals surface area (Å²) in [5, 5.41) is 0. The van der Waals surface area contributed by atoms with Crippen molar-refractivity contribution in [1.82, 2.24) is 24.4 Å². The third-order valence-corrected chi connectivity index (χ3v) is 6.70. The maximum Gasteiger partial charge on any atom is 0.320 e. The van der Waals surface area contributed by atoms with Crippen LogP contribution < -0.4 is 10.5 Å². The van der Waals surface area contributed by atoms with Crippen LogP contribution in [0.2, 0.25) is 0 Å². The topological polar surface area (TPSA) is 143 Å². The Morgan fingerprint density at radius 1 is 1.00 bits per heavy atom. The number of carbonyl (C=O) groups is 3. The van der Waals surface area contributed by atoms with Crippen LogP contribution in [0.15, 0.2) is 53.3 Å². The molecule has 38 heavy (non-hydrogen) atoms. The molecule has 0 spiro atoms. The highest BCUT2D eigenvalue weighted by Gasteiger charge is 2.34. The van der Waals surface area contributed by atoms with Crippen LogP contribution in [0.5, 0.6) is 6.01 Å². The Balaban J connectivity index is 1.28. The number of aromatic nitrogens is 4. The van der Waals surface area contributed by atoms with Crippen molar-refractivity contribution in [1.29, 1.82) is 0 Å². The molecule has 194 valence electrons. The number of ether oxygens (including phenoxy) is 2. The average molecular weight is 579 g/mol. The average Bonchev–Trinajstić information content (AvgIpc) is 3.35. The van der Waals surface area contributed by atoms with E-state index in [-0.39, 0.29) is 49.2 Å². The smallest absolute Gasteiger partial charge is 0.320 e. The molecular weight excluding hydrogens is 556 g/mol. The lowest BCUT2D eigenvalue weighted by Gasteiger charge is -2.13. The third-order valence-electron chi connectivity index (χ3n) is 6.10. The van der Waals surface area contributed by atoms with E-state index in [1.165, 1.54) is 12.0 Å². The first-order valence-corrected chi connectivity index (χ1v) is 12.6. The molecule has 2 aromatic heterocycles. The van der Waals surface area contributed by atoms with E-state index in [9.17, 15) is 14.4 Å². The van der Waals surface area contributed by atoms with Gasteiger partial charge < -0.3 is 15.2 Å². The maximum absolute atomic E-state index is 12.5. The number of esters is 1. The molecule has 12 heteroatoms. The fourth-order valence-electron chi connectivity index (χ4n) is 4.27. The lowest BCUT2D eigenvalue weighted by molar-refractivity contribution is -0.139. The molecule has 11 nitrogen and oxygen atoms in total. The zero-order chi connectivity index (χ0) is 26.8. The summed E-state index contributed by atoms with van der Waals surface area (Å²) >= 11 is 3.47. The fraction of sp³-hybridized carbons (Fsp3) is 0.231. The van der Waals surface area contributed by atoms with Gasteiger partial charge >= 0.3 is 12.0 Å². The summed E-state index contributed by atoms with van der Waals surface area (Å²) in [5.41, 5.74) is 9.60. The van der Waals surface area contributed by atoms with Gasteiger partial charge in [0.15, 0.2) is 21.7 Å². The van der Waals surface area contributed by atoms with Crippen molar-refractivity contribution in [3.05, 3.63) is 75.5 Å². The first kappa shape index (κ1) is 25.3. The molecule has 0 saturated heterocycles. The number of hydrogen-bond acceptors (Lipinski definition) is 9. The van der Waals surface area contributed by atoms with Crippen molar-refractivity contribution < 1.29 is 23.9 Å². The fourth-order valence-corrected chi connectivity index (χ4v) is 4.74. The van der Waals surface area contributed by atoms with Crippen LogP contribution in [0, 0.1) is 0 Å². The number of nitrogens with two attached hydrogens (primary N) is 1. The van der Waals surface area contributed by atoms with Crippen LogP contribution in [0.4, 0.5) is 5.82 Å². The second kappa shape index (κ2) is 10.6. The first-order chi connectivity index (χ1) is 18.4. The Morgan fingerprint density at radius 3 is 2.42 bits per heavy atom. The number of methoxy groups -OCH3 is 1. The molecule has 0 unspecified atom stereocenters. The van der Waals surface area contributed by atoms with Crippen LogP contribution in [-0.2, 0) is 22.5 Å². The van der Waals surface area contributed by atoms with Crippen LogP contribution in [0.3, 0.4) is 0 Å². The van der Waals surface area contributed by atoms with Gasteiger partial charge in [0, 0.05) is 6.54 Å². The van der Waals surface area contributed by atoms with E-state index in [1.807, 2.05) is 28.8 Å². The van der Waals surface area contributed by atoms with Gasteiger partial charge in [-0.05, 0) is 45.6 Å². The van der Waals surface area contributed by atoms with E-state index in [4.69, 9.17) is 15.2 Å². The van der Waals surface area contributed by atoms with Gasteiger partial charge in [0.1, 0.15) is 0 Å². The second-order valence-electron chi connectivity index (χ2n) is 8.61. The van der Waals surface area contributed by atoms with E-state index in [1.54, 1.807) is 24.3 Å². The SMILES string of the molecule is COC(=O)Cc1cccc(Cn2c(Br)nc3c(N)nc(OCCCN4C(=O)c5ccccc5C4=O)nc32)c1. The molecule has 0 radical (unpaired) electrons. The van der Waals surface area contributed by atoms with Gasteiger partial charge in [0.25, 0.3) is 11.8 Å². The van der Waals surface area contributed by atoms with Gasteiger partial charge in [-0.25, -0.2) is 4.98 Å². The number of imide groups is 1. The Kier molecular flexibility index (Phi) is 7.05. The number of fused-ring (bicyclic) bond motifs is 2. The third kappa shape index (κ3) is 4.94. The second-order valence-corrected chi connectivity index (χ2v) is 9.32. The van der Waals surface area contributed by atoms with Gasteiger partial charge in [0.2, 0.25) is 0 Å². The van der Waals surface area contributed by atoms with Crippen molar-refractivity contribution in [3.63, 3.8) is 0 Å². The summed E-state index contributed by atoms with van der Waals surface area (Å²) in [6.45, 7) is 0.778. The summed E-state index contributed by atoms with van der Waals surface area (Å²) in [6.07, 6.45) is 0.562. The van der Waals surface area contributed by atoms with Crippen LogP contribution in [0.1, 0.15) is 38.3 Å². The number of hydrogen-bond donors (Lipinski definition) is 1. The standard InChI is InChI=1S/C26H23BrN6O5/c1-37-19(34)13-15-6-4-7-16(12-15)14-33-22-20(29-25(33)27)21(28)30-26(31-22)38-11-5-10-32-23(35)17-8-2-3-9-18(17)24(32)36/h2-4,6-9,12H,5,10-11,13-14H2,1H3,(H2,28,30,31). The van der Waals surface area contributed by atoms with Crippen molar-refractivity contribution in [2.75, 3.05) is 26.0 Å². The number of carbonyl (C=O) groups excluding carboxylic acids is 3. The highest BCUT2D eigenvalue weighted by Crippen LogP contribution is 2.26. The highest BCUT2D eigenvalue weighted by molar-refractivity contribution is 9.10. The minimum Gasteiger partial charge on any atom is -0.469 e. The van der Waals surface area contributed by atoms with Gasteiger partial charge in [-0.15, -0.1) is 0 Å². The molecule has 2 amide bonds. The van der Waals surface area contributed by atoms with Crippen molar-refractivity contribution in [2.24, 2.45) is 0 Å². The Labute approximate surface area is 225 Å². The van der Waals surface area contributed by atoms with Crippen molar-refractivity contribution in [3.8, 4) is 6.01 Å². The summed E-state index contributed by atoms with van der Waals surface area (Å²) in [6, 6.07) is 14.4. The van der Waals surface area contributed by atoms with Gasteiger partial charge in [-0.1, -0.05) is 36.4 Å². The Bertz CT molecular complexity index is 1530. The summed E-state index contributed by atoms with van der Waals surface area (Å²) in [7, 11) is 1.36. The zero-order valence-corrected chi connectivity index (χ0v) is 22.0. The normalized spacial score (nSPS) is 12.7. The monoisotopic (exact) mass is 578 g/mol. The predicted octanol–water partition coefficient (Wildman–Crippen LogP) is 3.00. The molecule has 2 N–H and O–H groups in total. The van der Waals surface area contributed by atoms with E-state index >= 15 is 0 Å². The summed E-state index contributed by atoms with van der Waals surface area (Å²) < 4.78 is 12.8. The number of anilines is 1. The van der Waals surface area contributed by atoms with Gasteiger partial charge in [0.05, 0.1) is 37.8 Å². The largest absolute Gasteiger partial charge is 0.469 e. The molecule has 5 rings (SSSR count). The molecule has 3 heterocycles.